The number of hydrazine groups is 1. The number of benzene rings is 1. The zero-order chi connectivity index (χ0) is 17.4. The monoisotopic (exact) mass is 321 g/mol. The second kappa shape index (κ2) is 8.62. The quantitative estimate of drug-likeness (QED) is 0.566. The molecule has 1 atom stereocenters. The topological polar surface area (TPSA) is 117 Å². The van der Waals surface area contributed by atoms with E-state index < -0.39 is 23.9 Å². The van der Waals surface area contributed by atoms with Gasteiger partial charge in [-0.25, -0.2) is 4.79 Å². The Hall–Kier alpha value is -2.77. The highest BCUT2D eigenvalue weighted by Crippen LogP contribution is 2.14. The summed E-state index contributed by atoms with van der Waals surface area (Å²) in [5, 5.41) is 2.21. The van der Waals surface area contributed by atoms with Crippen molar-refractivity contribution in [1.82, 2.24) is 16.2 Å². The van der Waals surface area contributed by atoms with Crippen molar-refractivity contribution in [2.45, 2.75) is 26.8 Å². The van der Waals surface area contributed by atoms with Crippen LogP contribution in [0.4, 0.5) is 10.5 Å². The van der Waals surface area contributed by atoms with Gasteiger partial charge in [0.25, 0.3) is 11.8 Å². The smallest absolute Gasteiger partial charge is 0.312 e. The molecule has 1 unspecified atom stereocenters. The van der Waals surface area contributed by atoms with Crippen molar-refractivity contribution in [3.63, 3.8) is 0 Å². The first kappa shape index (κ1) is 18.3. The van der Waals surface area contributed by atoms with Gasteiger partial charge in [-0.15, -0.1) is 0 Å². The van der Waals surface area contributed by atoms with Crippen molar-refractivity contribution in [3.05, 3.63) is 29.8 Å². The number of hydrogen-bond acceptors (Lipinski definition) is 4. The molecule has 8 heteroatoms. The molecule has 1 aromatic rings. The van der Waals surface area contributed by atoms with Crippen LogP contribution in [-0.2, 0) is 4.79 Å². The molecular formula is C15H23N5O3. The van der Waals surface area contributed by atoms with Crippen LogP contribution in [0.2, 0.25) is 0 Å². The highest BCUT2D eigenvalue weighted by molar-refractivity contribution is 5.96. The van der Waals surface area contributed by atoms with Crippen LogP contribution in [0.1, 0.15) is 31.1 Å². The van der Waals surface area contributed by atoms with Gasteiger partial charge >= 0.3 is 6.03 Å². The lowest BCUT2D eigenvalue weighted by Crippen LogP contribution is -2.52. The Balaban J connectivity index is 2.58. The molecule has 1 aromatic carbocycles. The second-order valence-corrected chi connectivity index (χ2v) is 4.89. The lowest BCUT2D eigenvalue weighted by Gasteiger charge is -2.21. The normalized spacial score (nSPS) is 11.3. The fraction of sp³-hybridized carbons (Fsp3) is 0.400. The van der Waals surface area contributed by atoms with Crippen LogP contribution in [-0.4, -0.2) is 37.0 Å². The molecule has 0 fully saturated rings. The van der Waals surface area contributed by atoms with Gasteiger partial charge < -0.3 is 16.0 Å². The molecule has 8 nitrogen and oxygen atoms in total. The van der Waals surface area contributed by atoms with Crippen LogP contribution in [0.3, 0.4) is 0 Å². The Morgan fingerprint density at radius 1 is 1.09 bits per heavy atom. The SMILES string of the molecule is CCN(CC)c1ccc(C(=O)NNC(=O)C(C)NC(N)=O)cc1. The molecular weight excluding hydrogens is 298 g/mol. The minimum absolute atomic E-state index is 0.414. The summed E-state index contributed by atoms with van der Waals surface area (Å²) in [7, 11) is 0. The molecule has 0 spiro atoms. The molecule has 0 heterocycles. The van der Waals surface area contributed by atoms with Crippen LogP contribution in [0.5, 0.6) is 0 Å². The highest BCUT2D eigenvalue weighted by atomic mass is 16.2. The first-order chi connectivity index (χ1) is 10.9. The zero-order valence-corrected chi connectivity index (χ0v) is 13.6. The molecule has 5 N–H and O–H groups in total. The number of urea groups is 1. The van der Waals surface area contributed by atoms with E-state index in [1.54, 1.807) is 12.1 Å². The van der Waals surface area contributed by atoms with Crippen LogP contribution < -0.4 is 26.8 Å². The minimum Gasteiger partial charge on any atom is -0.372 e. The van der Waals surface area contributed by atoms with Crippen LogP contribution >= 0.6 is 0 Å². The first-order valence-electron chi connectivity index (χ1n) is 7.40. The van der Waals surface area contributed by atoms with Gasteiger partial charge in [-0.3, -0.25) is 20.4 Å². The number of anilines is 1. The van der Waals surface area contributed by atoms with Gasteiger partial charge in [0.15, 0.2) is 0 Å². The third-order valence-electron chi connectivity index (χ3n) is 3.31. The third-order valence-corrected chi connectivity index (χ3v) is 3.31. The van der Waals surface area contributed by atoms with E-state index in [2.05, 4.69) is 34.9 Å². The van der Waals surface area contributed by atoms with Crippen molar-refractivity contribution >= 4 is 23.5 Å². The fourth-order valence-corrected chi connectivity index (χ4v) is 1.99. The number of nitrogens with two attached hydrogens (primary N) is 1. The van der Waals surface area contributed by atoms with Gasteiger partial charge in [-0.2, -0.15) is 0 Å². The van der Waals surface area contributed by atoms with Crippen molar-refractivity contribution in [1.29, 1.82) is 0 Å². The number of primary amides is 1. The molecule has 126 valence electrons. The summed E-state index contributed by atoms with van der Waals surface area (Å²) in [5.74, 6) is -1.02. The molecule has 23 heavy (non-hydrogen) atoms. The van der Waals surface area contributed by atoms with Crippen LogP contribution in [0.25, 0.3) is 0 Å². The summed E-state index contributed by atoms with van der Waals surface area (Å²) in [6.07, 6.45) is 0. The molecule has 0 aliphatic rings. The number of nitrogens with one attached hydrogen (secondary N) is 3. The molecule has 0 radical (unpaired) electrons. The molecule has 0 bridgehead atoms. The van der Waals surface area contributed by atoms with Gasteiger partial charge in [0, 0.05) is 24.3 Å². The van der Waals surface area contributed by atoms with E-state index in [-0.39, 0.29) is 0 Å². The number of carbonyl (C=O) groups excluding carboxylic acids is 3. The second-order valence-electron chi connectivity index (χ2n) is 4.89. The van der Waals surface area contributed by atoms with E-state index in [9.17, 15) is 14.4 Å². The first-order valence-corrected chi connectivity index (χ1v) is 7.40. The predicted octanol–water partition coefficient (Wildman–Crippen LogP) is 0.351. The minimum atomic E-state index is -0.849. The number of carbonyl (C=O) groups is 3. The average Bonchev–Trinajstić information content (AvgIpc) is 2.53. The molecule has 4 amide bonds. The van der Waals surface area contributed by atoms with E-state index in [1.807, 2.05) is 12.1 Å². The fourth-order valence-electron chi connectivity index (χ4n) is 1.99. The van der Waals surface area contributed by atoms with Crippen molar-refractivity contribution < 1.29 is 14.4 Å². The number of nitrogens with zero attached hydrogens (tertiary/aromatic N) is 1. The maximum absolute atomic E-state index is 12.0. The van der Waals surface area contributed by atoms with Gasteiger partial charge in [0.1, 0.15) is 6.04 Å². The molecule has 0 saturated heterocycles. The van der Waals surface area contributed by atoms with E-state index in [0.29, 0.717) is 5.56 Å². The van der Waals surface area contributed by atoms with Crippen LogP contribution in [0, 0.1) is 0 Å². The number of amides is 4. The van der Waals surface area contributed by atoms with Gasteiger partial charge in [-0.1, -0.05) is 0 Å². The lowest BCUT2D eigenvalue weighted by atomic mass is 10.2. The molecule has 0 aliphatic carbocycles. The van der Waals surface area contributed by atoms with E-state index >= 15 is 0 Å². The Labute approximate surface area is 135 Å². The van der Waals surface area contributed by atoms with E-state index in [4.69, 9.17) is 5.73 Å². The van der Waals surface area contributed by atoms with Crippen molar-refractivity contribution in [2.24, 2.45) is 5.73 Å². The third kappa shape index (κ3) is 5.50. The summed E-state index contributed by atoms with van der Waals surface area (Å²) >= 11 is 0. The Morgan fingerprint density at radius 2 is 1.65 bits per heavy atom. The lowest BCUT2D eigenvalue weighted by molar-refractivity contribution is -0.123. The highest BCUT2D eigenvalue weighted by Gasteiger charge is 2.15. The van der Waals surface area contributed by atoms with E-state index in [0.717, 1.165) is 18.8 Å². The summed E-state index contributed by atoms with van der Waals surface area (Å²) in [6.45, 7) is 7.32. The summed E-state index contributed by atoms with van der Waals surface area (Å²) in [5.41, 5.74) is 10.9. The standard InChI is InChI=1S/C15H23N5O3/c1-4-20(5-2)12-8-6-11(7-9-12)14(22)19-18-13(21)10(3)17-15(16)23/h6-10H,4-5H2,1-3H3,(H,18,21)(H,19,22)(H3,16,17,23). The van der Waals surface area contributed by atoms with Crippen molar-refractivity contribution in [2.75, 3.05) is 18.0 Å². The average molecular weight is 321 g/mol. The summed E-state index contributed by atoms with van der Waals surface area (Å²) < 4.78 is 0. The Bertz CT molecular complexity index is 555. The predicted molar refractivity (Wildman–Crippen MR) is 87.8 cm³/mol. The van der Waals surface area contributed by atoms with E-state index in [1.165, 1.54) is 6.92 Å². The Kier molecular flexibility index (Phi) is 6.85. The molecule has 0 aromatic heterocycles. The zero-order valence-electron chi connectivity index (χ0n) is 13.6. The van der Waals surface area contributed by atoms with Crippen LogP contribution in [0.15, 0.2) is 24.3 Å². The summed E-state index contributed by atoms with van der Waals surface area (Å²) in [6, 6.07) is 5.39. The molecule has 0 saturated carbocycles. The summed E-state index contributed by atoms with van der Waals surface area (Å²) in [4.78, 5) is 36.4. The number of hydrogen-bond donors (Lipinski definition) is 4. The van der Waals surface area contributed by atoms with Gasteiger partial charge in [0.2, 0.25) is 0 Å². The molecule has 1 rings (SSSR count). The van der Waals surface area contributed by atoms with Gasteiger partial charge in [-0.05, 0) is 45.0 Å². The largest absolute Gasteiger partial charge is 0.372 e. The molecule has 0 aliphatic heterocycles. The maximum atomic E-state index is 12.0. The van der Waals surface area contributed by atoms with Gasteiger partial charge in [0.05, 0.1) is 0 Å². The Morgan fingerprint density at radius 3 is 2.13 bits per heavy atom. The number of rotatable bonds is 6. The van der Waals surface area contributed by atoms with Crippen molar-refractivity contribution in [3.8, 4) is 0 Å². The maximum Gasteiger partial charge on any atom is 0.312 e.